The molecule has 0 radical (unpaired) electrons. The molecular formula is C34H38BNO8. The van der Waals surface area contributed by atoms with Gasteiger partial charge in [0.15, 0.2) is 0 Å². The molecule has 9 nitrogen and oxygen atoms in total. The van der Waals surface area contributed by atoms with Gasteiger partial charge in [-0.05, 0) is 78.2 Å². The van der Waals surface area contributed by atoms with Crippen LogP contribution in [-0.4, -0.2) is 57.0 Å². The summed E-state index contributed by atoms with van der Waals surface area (Å²) >= 11 is 0. The molecule has 1 aromatic heterocycles. The lowest BCUT2D eigenvalue weighted by molar-refractivity contribution is -0.123. The van der Waals surface area contributed by atoms with E-state index in [0.717, 1.165) is 28.0 Å². The van der Waals surface area contributed by atoms with Crippen molar-refractivity contribution in [2.45, 2.75) is 51.7 Å². The summed E-state index contributed by atoms with van der Waals surface area (Å²) in [6.45, 7) is 1.40. The number of nitrogens with zero attached hydrogens (tertiary/aromatic N) is 1. The van der Waals surface area contributed by atoms with Gasteiger partial charge in [0.2, 0.25) is 11.8 Å². The Kier molecular flexibility index (Phi) is 9.98. The molecule has 0 spiro atoms. The number of allylic oxidation sites excluding steroid dienone is 2. The van der Waals surface area contributed by atoms with E-state index in [9.17, 15) is 35.0 Å². The molecule has 5 rings (SSSR count). The van der Waals surface area contributed by atoms with Crippen molar-refractivity contribution in [2.75, 3.05) is 11.5 Å². The molecule has 3 aromatic rings. The number of rotatable bonds is 12. The molecule has 1 saturated heterocycles. The van der Waals surface area contributed by atoms with Gasteiger partial charge >= 0.3 is 7.12 Å². The lowest BCUT2D eigenvalue weighted by Crippen LogP contribution is -2.39. The molecule has 2 heterocycles. The average Bonchev–Trinajstić information content (AvgIpc) is 3.60. The second-order valence-corrected chi connectivity index (χ2v) is 11.5. The summed E-state index contributed by atoms with van der Waals surface area (Å²) < 4.78 is 5.69. The first-order valence-corrected chi connectivity index (χ1v) is 15.1. The number of aliphatic hydroxyl groups excluding tert-OH is 3. The van der Waals surface area contributed by atoms with Crippen molar-refractivity contribution in [1.29, 1.82) is 0 Å². The summed E-state index contributed by atoms with van der Waals surface area (Å²) in [6, 6.07) is 19.2. The fourth-order valence-corrected chi connectivity index (χ4v) is 6.71. The Labute approximate surface area is 256 Å². The molecule has 0 unspecified atom stereocenters. The number of anilines is 1. The van der Waals surface area contributed by atoms with Crippen molar-refractivity contribution in [3.63, 3.8) is 0 Å². The number of carbonyl (C=O) groups is 2. The van der Waals surface area contributed by atoms with E-state index >= 15 is 0 Å². The molecule has 1 fully saturated rings. The number of amides is 2. The highest BCUT2D eigenvalue weighted by Crippen LogP contribution is 2.48. The van der Waals surface area contributed by atoms with Gasteiger partial charge in [0, 0.05) is 5.92 Å². The van der Waals surface area contributed by atoms with Gasteiger partial charge in [0.05, 0.1) is 30.2 Å². The predicted molar refractivity (Wildman–Crippen MR) is 167 cm³/mol. The number of imide groups is 1. The van der Waals surface area contributed by atoms with Gasteiger partial charge in [0.25, 0.3) is 0 Å². The van der Waals surface area contributed by atoms with Crippen LogP contribution in [0.1, 0.15) is 56.1 Å². The van der Waals surface area contributed by atoms with E-state index in [2.05, 4.69) is 0 Å². The SMILES string of the molecule is CCCC1=C([C@H](O)CC/C(=C/c2ccc(CO)o2)c2ccccc2)[C@H](CO)[C@@H]2C(=O)N(c3cccc(B(O)O)c3)C(=O)[C@@H]2C1. The van der Waals surface area contributed by atoms with Crippen LogP contribution in [0.3, 0.4) is 0 Å². The quantitative estimate of drug-likeness (QED) is 0.121. The molecule has 2 aliphatic rings. The molecule has 0 saturated carbocycles. The van der Waals surface area contributed by atoms with Gasteiger partial charge in [-0.3, -0.25) is 14.5 Å². The number of benzene rings is 2. The Morgan fingerprint density at radius 3 is 2.48 bits per heavy atom. The van der Waals surface area contributed by atoms with Crippen LogP contribution in [0, 0.1) is 17.8 Å². The minimum atomic E-state index is -1.76. The largest absolute Gasteiger partial charge is 0.488 e. The Morgan fingerprint density at radius 2 is 1.82 bits per heavy atom. The molecule has 44 heavy (non-hydrogen) atoms. The summed E-state index contributed by atoms with van der Waals surface area (Å²) in [7, 11) is -1.76. The second-order valence-electron chi connectivity index (χ2n) is 11.5. The monoisotopic (exact) mass is 599 g/mol. The maximum Gasteiger partial charge on any atom is 0.488 e. The molecule has 230 valence electrons. The third kappa shape index (κ3) is 6.36. The predicted octanol–water partition coefficient (Wildman–Crippen LogP) is 3.05. The Bertz CT molecular complexity index is 1550. The van der Waals surface area contributed by atoms with Crippen molar-refractivity contribution in [1.82, 2.24) is 0 Å². The first kappa shape index (κ1) is 31.6. The van der Waals surface area contributed by atoms with E-state index in [-0.39, 0.29) is 23.7 Å². The molecule has 2 aromatic carbocycles. The van der Waals surface area contributed by atoms with Crippen LogP contribution >= 0.6 is 0 Å². The first-order valence-electron chi connectivity index (χ1n) is 15.1. The number of hydrogen-bond acceptors (Lipinski definition) is 8. The highest BCUT2D eigenvalue weighted by atomic mass is 16.4. The van der Waals surface area contributed by atoms with E-state index in [1.54, 1.807) is 24.3 Å². The van der Waals surface area contributed by atoms with E-state index in [1.807, 2.05) is 43.3 Å². The molecular weight excluding hydrogens is 561 g/mol. The highest BCUT2D eigenvalue weighted by molar-refractivity contribution is 6.58. The maximum absolute atomic E-state index is 13.8. The van der Waals surface area contributed by atoms with Crippen molar-refractivity contribution < 1.29 is 39.4 Å². The number of fused-ring (bicyclic) bond motifs is 1. The molecule has 1 aliphatic carbocycles. The van der Waals surface area contributed by atoms with Crippen LogP contribution in [0.15, 0.2) is 82.3 Å². The minimum Gasteiger partial charge on any atom is -0.459 e. The molecule has 5 N–H and O–H groups in total. The Hall–Kier alpha value is -3.80. The smallest absolute Gasteiger partial charge is 0.459 e. The topological polar surface area (TPSA) is 152 Å². The zero-order chi connectivity index (χ0) is 31.4. The van der Waals surface area contributed by atoms with E-state index in [0.29, 0.717) is 42.8 Å². The fraction of sp³-hybridized carbons (Fsp3) is 0.353. The number of furan rings is 1. The van der Waals surface area contributed by atoms with Gasteiger partial charge in [-0.1, -0.05) is 61.4 Å². The summed E-state index contributed by atoms with van der Waals surface area (Å²) in [5.74, 6) is -2.09. The Balaban J connectivity index is 1.44. The molecule has 4 atom stereocenters. The zero-order valence-electron chi connectivity index (χ0n) is 24.7. The van der Waals surface area contributed by atoms with Crippen molar-refractivity contribution in [2.24, 2.45) is 17.8 Å². The molecule has 10 heteroatoms. The molecule has 0 bridgehead atoms. The van der Waals surface area contributed by atoms with Gasteiger partial charge in [-0.25, -0.2) is 0 Å². The van der Waals surface area contributed by atoms with Gasteiger partial charge in [-0.15, -0.1) is 0 Å². The van der Waals surface area contributed by atoms with Crippen LogP contribution in [0.2, 0.25) is 0 Å². The van der Waals surface area contributed by atoms with Crippen LogP contribution in [0.4, 0.5) is 5.69 Å². The number of aliphatic hydroxyl groups is 3. The van der Waals surface area contributed by atoms with Gasteiger partial charge in [-0.2, -0.15) is 0 Å². The van der Waals surface area contributed by atoms with Crippen molar-refractivity contribution in [3.05, 3.63) is 95.0 Å². The highest BCUT2D eigenvalue weighted by Gasteiger charge is 2.55. The second kappa shape index (κ2) is 13.9. The van der Waals surface area contributed by atoms with Crippen LogP contribution < -0.4 is 10.4 Å². The van der Waals surface area contributed by atoms with Crippen LogP contribution in [0.25, 0.3) is 11.6 Å². The summed E-state index contributed by atoms with van der Waals surface area (Å²) in [4.78, 5) is 28.6. The van der Waals surface area contributed by atoms with E-state index < -0.39 is 43.5 Å². The van der Waals surface area contributed by atoms with E-state index in [4.69, 9.17) is 4.42 Å². The van der Waals surface area contributed by atoms with Crippen LogP contribution in [0.5, 0.6) is 0 Å². The zero-order valence-corrected chi connectivity index (χ0v) is 24.7. The van der Waals surface area contributed by atoms with E-state index in [1.165, 1.54) is 12.1 Å². The van der Waals surface area contributed by atoms with Crippen molar-refractivity contribution >= 4 is 41.7 Å². The standard InChI is InChI=1S/C34H38BNO8/c1-2-7-23-17-28-32(34(41)36(33(28)40)25-11-6-10-24(18-25)35(42)43)29(20-38)31(23)30(39)15-12-22(21-8-4-3-5-9-21)16-26-13-14-27(19-37)44-26/h3-6,8-11,13-14,16,18,28-30,32,37-39,42-43H,2,7,12,15,17,19-20H2,1H3/b22-16-/t28-,29+,30-,32-/m1/s1. The lowest BCUT2D eigenvalue weighted by Gasteiger charge is -2.36. The summed E-state index contributed by atoms with van der Waals surface area (Å²) in [6.07, 6.45) is 3.40. The third-order valence-electron chi connectivity index (χ3n) is 8.70. The van der Waals surface area contributed by atoms with Crippen LogP contribution in [-0.2, 0) is 16.2 Å². The lowest BCUT2D eigenvalue weighted by atomic mass is 9.67. The number of carbonyl (C=O) groups excluding carboxylic acids is 2. The average molecular weight is 599 g/mol. The minimum absolute atomic E-state index is 0.155. The maximum atomic E-state index is 13.8. The van der Waals surface area contributed by atoms with Gasteiger partial charge < -0.3 is 29.8 Å². The summed E-state index contributed by atoms with van der Waals surface area (Å²) in [5, 5.41) is 51.1. The van der Waals surface area contributed by atoms with Crippen molar-refractivity contribution in [3.8, 4) is 0 Å². The summed E-state index contributed by atoms with van der Waals surface area (Å²) in [5.41, 5.74) is 3.80. The molecule has 2 amide bonds. The first-order chi connectivity index (χ1) is 21.3. The van der Waals surface area contributed by atoms with Gasteiger partial charge in [0.1, 0.15) is 18.1 Å². The third-order valence-corrected chi connectivity index (χ3v) is 8.70. The molecule has 1 aliphatic heterocycles. The fourth-order valence-electron chi connectivity index (χ4n) is 6.71. The number of hydrogen-bond donors (Lipinski definition) is 5. The normalized spacial score (nSPS) is 21.2. The Morgan fingerprint density at radius 1 is 1.05 bits per heavy atom.